The molecule has 1 saturated heterocycles. The maximum Gasteiger partial charge on any atom is 0.00414 e. The summed E-state index contributed by atoms with van der Waals surface area (Å²) in [7, 11) is 0. The largest absolute Gasteiger partial charge is 0.314 e. The molecule has 2 fully saturated rings. The highest BCUT2D eigenvalue weighted by atomic mass is 14.9. The fraction of sp³-hybridized carbons (Fsp3) is 1.00. The summed E-state index contributed by atoms with van der Waals surface area (Å²) in [6.45, 7) is 3.61. The van der Waals surface area contributed by atoms with Gasteiger partial charge < -0.3 is 5.32 Å². The van der Waals surface area contributed by atoms with Crippen LogP contribution < -0.4 is 5.32 Å². The average Bonchev–Trinajstić information content (AvgIpc) is 2.19. The van der Waals surface area contributed by atoms with Crippen LogP contribution in [0.4, 0.5) is 0 Å². The quantitative estimate of drug-likeness (QED) is 0.656. The molecule has 1 aliphatic carbocycles. The first-order valence-electron chi connectivity index (χ1n) is 6.09. The zero-order chi connectivity index (χ0) is 9.10. The maximum atomic E-state index is 3.55. The van der Waals surface area contributed by atoms with Crippen molar-refractivity contribution in [1.29, 1.82) is 0 Å². The zero-order valence-corrected chi connectivity index (χ0v) is 8.89. The minimum Gasteiger partial charge on any atom is -0.314 e. The molecule has 13 heavy (non-hydrogen) atoms. The number of rotatable bonds is 1. The van der Waals surface area contributed by atoms with Crippen molar-refractivity contribution in [2.75, 3.05) is 6.54 Å². The molecule has 0 aromatic heterocycles. The summed E-state index contributed by atoms with van der Waals surface area (Å²) in [4.78, 5) is 0. The van der Waals surface area contributed by atoms with Gasteiger partial charge in [-0.15, -0.1) is 0 Å². The van der Waals surface area contributed by atoms with Gasteiger partial charge in [-0.25, -0.2) is 0 Å². The van der Waals surface area contributed by atoms with Gasteiger partial charge in [0.2, 0.25) is 0 Å². The number of hydrogen-bond donors (Lipinski definition) is 1. The molecular formula is C12H23N. The van der Waals surface area contributed by atoms with Gasteiger partial charge in [0, 0.05) is 6.04 Å². The molecule has 0 aromatic carbocycles. The van der Waals surface area contributed by atoms with Gasteiger partial charge in [0.1, 0.15) is 0 Å². The van der Waals surface area contributed by atoms with Gasteiger partial charge in [-0.3, -0.25) is 0 Å². The summed E-state index contributed by atoms with van der Waals surface area (Å²) in [5.74, 6) is 2.13. The van der Waals surface area contributed by atoms with E-state index in [2.05, 4.69) is 12.2 Å². The summed E-state index contributed by atoms with van der Waals surface area (Å²) < 4.78 is 0. The Morgan fingerprint density at radius 3 is 2.38 bits per heavy atom. The van der Waals surface area contributed by atoms with E-state index >= 15 is 0 Å². The molecule has 2 atom stereocenters. The Labute approximate surface area is 82.3 Å². The first-order chi connectivity index (χ1) is 6.36. The molecule has 0 bridgehead atoms. The third-order valence-corrected chi connectivity index (χ3v) is 3.98. The highest BCUT2D eigenvalue weighted by molar-refractivity contribution is 4.81. The molecule has 0 amide bonds. The molecule has 0 radical (unpaired) electrons. The Balaban J connectivity index is 1.83. The number of hydrogen-bond acceptors (Lipinski definition) is 1. The molecule has 2 aliphatic rings. The van der Waals surface area contributed by atoms with Crippen LogP contribution in [-0.4, -0.2) is 12.6 Å². The van der Waals surface area contributed by atoms with E-state index in [1.807, 2.05) is 0 Å². The van der Waals surface area contributed by atoms with Crippen LogP contribution in [0.25, 0.3) is 0 Å². The standard InChI is InChI=1S/C12H23N/c1-10-9-12(7-8-13-10)11-5-3-2-4-6-11/h10-13H,2-9H2,1H3. The van der Waals surface area contributed by atoms with E-state index in [1.165, 1.54) is 51.5 Å². The number of nitrogens with one attached hydrogen (secondary N) is 1. The van der Waals surface area contributed by atoms with Crippen LogP contribution in [0.3, 0.4) is 0 Å². The van der Waals surface area contributed by atoms with E-state index in [0.717, 1.165) is 17.9 Å². The third-order valence-electron chi connectivity index (χ3n) is 3.98. The van der Waals surface area contributed by atoms with Gasteiger partial charge in [-0.05, 0) is 38.1 Å². The Hall–Kier alpha value is -0.0400. The SMILES string of the molecule is CC1CC(C2CCCCC2)CCN1. The molecular weight excluding hydrogens is 158 g/mol. The van der Waals surface area contributed by atoms with E-state index in [4.69, 9.17) is 0 Å². The lowest BCUT2D eigenvalue weighted by Gasteiger charge is -2.36. The Morgan fingerprint density at radius 1 is 0.923 bits per heavy atom. The molecule has 1 saturated carbocycles. The topological polar surface area (TPSA) is 12.0 Å². The lowest BCUT2D eigenvalue weighted by Crippen LogP contribution is -2.38. The lowest BCUT2D eigenvalue weighted by atomic mass is 9.75. The zero-order valence-electron chi connectivity index (χ0n) is 8.89. The third kappa shape index (κ3) is 2.46. The summed E-state index contributed by atoms with van der Waals surface area (Å²) >= 11 is 0. The van der Waals surface area contributed by atoms with Crippen LogP contribution in [0.5, 0.6) is 0 Å². The van der Waals surface area contributed by atoms with Gasteiger partial charge in [-0.2, -0.15) is 0 Å². The smallest absolute Gasteiger partial charge is 0.00414 e. The second-order valence-corrected chi connectivity index (χ2v) is 5.04. The molecule has 1 heterocycles. The minimum absolute atomic E-state index is 0.778. The second-order valence-electron chi connectivity index (χ2n) is 5.04. The van der Waals surface area contributed by atoms with Crippen LogP contribution >= 0.6 is 0 Å². The van der Waals surface area contributed by atoms with E-state index < -0.39 is 0 Å². The highest BCUT2D eigenvalue weighted by Crippen LogP contribution is 2.35. The minimum atomic E-state index is 0.778. The molecule has 0 spiro atoms. The van der Waals surface area contributed by atoms with Crippen LogP contribution in [0.2, 0.25) is 0 Å². The van der Waals surface area contributed by atoms with Crippen LogP contribution in [0.1, 0.15) is 51.9 Å². The van der Waals surface area contributed by atoms with Crippen LogP contribution in [0, 0.1) is 11.8 Å². The summed E-state index contributed by atoms with van der Waals surface area (Å²) in [6, 6.07) is 0.778. The molecule has 1 nitrogen and oxygen atoms in total. The van der Waals surface area contributed by atoms with Crippen LogP contribution in [0.15, 0.2) is 0 Å². The van der Waals surface area contributed by atoms with Crippen molar-refractivity contribution in [3.05, 3.63) is 0 Å². The van der Waals surface area contributed by atoms with Crippen molar-refractivity contribution >= 4 is 0 Å². The van der Waals surface area contributed by atoms with Crippen LogP contribution in [-0.2, 0) is 0 Å². The molecule has 2 rings (SSSR count). The Bertz CT molecular complexity index is 149. The maximum absolute atomic E-state index is 3.55. The highest BCUT2D eigenvalue weighted by Gasteiger charge is 2.27. The average molecular weight is 181 g/mol. The van der Waals surface area contributed by atoms with Gasteiger partial charge in [0.05, 0.1) is 0 Å². The van der Waals surface area contributed by atoms with E-state index in [-0.39, 0.29) is 0 Å². The summed E-state index contributed by atoms with van der Waals surface area (Å²) in [5.41, 5.74) is 0. The lowest BCUT2D eigenvalue weighted by molar-refractivity contribution is 0.182. The second kappa shape index (κ2) is 4.45. The number of piperidine rings is 1. The van der Waals surface area contributed by atoms with E-state index in [1.54, 1.807) is 0 Å². The summed E-state index contributed by atoms with van der Waals surface area (Å²) in [6.07, 6.45) is 10.4. The Morgan fingerprint density at radius 2 is 1.69 bits per heavy atom. The molecule has 1 heteroatoms. The molecule has 1 aliphatic heterocycles. The Kier molecular flexibility index (Phi) is 3.26. The summed E-state index contributed by atoms with van der Waals surface area (Å²) in [5, 5.41) is 3.55. The van der Waals surface area contributed by atoms with Crippen molar-refractivity contribution in [1.82, 2.24) is 5.32 Å². The molecule has 76 valence electrons. The van der Waals surface area contributed by atoms with E-state index in [9.17, 15) is 0 Å². The van der Waals surface area contributed by atoms with Gasteiger partial charge in [-0.1, -0.05) is 32.1 Å². The van der Waals surface area contributed by atoms with Gasteiger partial charge in [0.25, 0.3) is 0 Å². The van der Waals surface area contributed by atoms with Crippen molar-refractivity contribution in [2.24, 2.45) is 11.8 Å². The van der Waals surface area contributed by atoms with Crippen molar-refractivity contribution in [3.63, 3.8) is 0 Å². The molecule has 1 N–H and O–H groups in total. The van der Waals surface area contributed by atoms with Crippen molar-refractivity contribution in [3.8, 4) is 0 Å². The first-order valence-corrected chi connectivity index (χ1v) is 6.09. The fourth-order valence-corrected chi connectivity index (χ4v) is 3.20. The first kappa shape index (κ1) is 9.51. The normalized spacial score (nSPS) is 37.6. The fourth-order valence-electron chi connectivity index (χ4n) is 3.20. The van der Waals surface area contributed by atoms with Gasteiger partial charge in [0.15, 0.2) is 0 Å². The molecule has 2 unspecified atom stereocenters. The van der Waals surface area contributed by atoms with Crippen molar-refractivity contribution < 1.29 is 0 Å². The predicted molar refractivity (Wildman–Crippen MR) is 56.8 cm³/mol. The predicted octanol–water partition coefficient (Wildman–Crippen LogP) is 2.95. The van der Waals surface area contributed by atoms with Crippen molar-refractivity contribution in [2.45, 2.75) is 57.9 Å². The monoisotopic (exact) mass is 181 g/mol. The molecule has 0 aromatic rings. The van der Waals surface area contributed by atoms with E-state index in [0.29, 0.717) is 0 Å². The van der Waals surface area contributed by atoms with Gasteiger partial charge >= 0.3 is 0 Å².